The van der Waals surface area contributed by atoms with Crippen molar-refractivity contribution in [3.05, 3.63) is 29.0 Å². The van der Waals surface area contributed by atoms with Gasteiger partial charge in [-0.05, 0) is 40.9 Å². The van der Waals surface area contributed by atoms with Crippen molar-refractivity contribution in [1.82, 2.24) is 14.9 Å². The summed E-state index contributed by atoms with van der Waals surface area (Å²) in [6, 6.07) is 4.83. The molecule has 4 rings (SSSR count). The lowest BCUT2D eigenvalue weighted by Gasteiger charge is -2.41. The zero-order valence-electron chi connectivity index (χ0n) is 13.1. The summed E-state index contributed by atoms with van der Waals surface area (Å²) in [4.78, 5) is 14.1. The third-order valence-electron chi connectivity index (χ3n) is 4.89. The second kappa shape index (κ2) is 6.71. The number of hydrogen-bond donors (Lipinski definition) is 0. The monoisotopic (exact) mass is 376 g/mol. The molecule has 0 bridgehead atoms. The summed E-state index contributed by atoms with van der Waals surface area (Å²) in [6.07, 6.45) is 6.09. The first-order valence-corrected chi connectivity index (χ1v) is 9.07. The van der Waals surface area contributed by atoms with Gasteiger partial charge in [0.25, 0.3) is 0 Å². The maximum Gasteiger partial charge on any atom is 0.112 e. The molecule has 2 fully saturated rings. The van der Waals surface area contributed by atoms with Crippen LogP contribution < -0.4 is 4.90 Å². The van der Waals surface area contributed by atoms with Gasteiger partial charge in [-0.3, -0.25) is 14.9 Å². The number of pyridine rings is 2. The van der Waals surface area contributed by atoms with E-state index >= 15 is 0 Å². The molecule has 23 heavy (non-hydrogen) atoms. The number of ether oxygens (including phenoxy) is 1. The molecule has 2 aromatic heterocycles. The summed E-state index contributed by atoms with van der Waals surface area (Å²) in [6.45, 7) is 6.16. The lowest BCUT2D eigenvalue weighted by molar-refractivity contribution is 0.0321. The van der Waals surface area contributed by atoms with Crippen LogP contribution in [0.5, 0.6) is 0 Å². The quantitative estimate of drug-likeness (QED) is 0.805. The largest absolute Gasteiger partial charge is 0.381 e. The third kappa shape index (κ3) is 3.20. The summed E-state index contributed by atoms with van der Waals surface area (Å²) in [5.41, 5.74) is 3.15. The lowest BCUT2D eigenvalue weighted by atomic mass is 10.1. The molecule has 5 nitrogen and oxygen atoms in total. The predicted molar refractivity (Wildman–Crippen MR) is 94.9 cm³/mol. The number of hydrogen-bond acceptors (Lipinski definition) is 5. The molecule has 0 spiro atoms. The molecule has 2 aliphatic heterocycles. The van der Waals surface area contributed by atoms with Gasteiger partial charge >= 0.3 is 0 Å². The van der Waals surface area contributed by atoms with Gasteiger partial charge in [-0.15, -0.1) is 0 Å². The number of aromatic nitrogens is 2. The average Bonchev–Trinajstić information content (AvgIpc) is 2.62. The highest BCUT2D eigenvalue weighted by atomic mass is 79.9. The van der Waals surface area contributed by atoms with E-state index < -0.39 is 0 Å². The number of anilines is 1. The highest BCUT2D eigenvalue weighted by Gasteiger charge is 2.26. The Morgan fingerprint density at radius 1 is 1.09 bits per heavy atom. The van der Waals surface area contributed by atoms with Crippen molar-refractivity contribution < 1.29 is 4.74 Å². The second-order valence-electron chi connectivity index (χ2n) is 6.22. The standard InChI is InChI=1S/C17H21BrN4O/c18-13-11-15-17(20-12-13)16(1-4-19-15)22-7-5-21(6-8-22)14-2-9-23-10-3-14/h1,4,11-12,14H,2-3,5-10H2. The molecular formula is C17H21BrN4O. The van der Waals surface area contributed by atoms with Crippen molar-refractivity contribution in [2.45, 2.75) is 18.9 Å². The van der Waals surface area contributed by atoms with Gasteiger partial charge in [0.1, 0.15) is 5.52 Å². The minimum atomic E-state index is 0.703. The average molecular weight is 377 g/mol. The molecule has 2 aliphatic rings. The number of halogens is 1. The van der Waals surface area contributed by atoms with E-state index in [1.54, 1.807) is 0 Å². The van der Waals surface area contributed by atoms with Gasteiger partial charge in [0.05, 0.1) is 11.2 Å². The van der Waals surface area contributed by atoms with Crippen molar-refractivity contribution in [3.63, 3.8) is 0 Å². The summed E-state index contributed by atoms with van der Waals surface area (Å²) >= 11 is 3.47. The van der Waals surface area contributed by atoms with E-state index in [2.05, 4.69) is 41.8 Å². The normalized spacial score (nSPS) is 21.0. The van der Waals surface area contributed by atoms with Gasteiger partial charge in [0.2, 0.25) is 0 Å². The molecule has 0 atom stereocenters. The van der Waals surface area contributed by atoms with E-state index in [1.165, 1.54) is 18.5 Å². The van der Waals surface area contributed by atoms with Crippen LogP contribution in [0.1, 0.15) is 12.8 Å². The number of piperazine rings is 1. The van der Waals surface area contributed by atoms with E-state index in [9.17, 15) is 0 Å². The van der Waals surface area contributed by atoms with Crippen LogP contribution in [-0.2, 0) is 4.74 Å². The van der Waals surface area contributed by atoms with E-state index in [4.69, 9.17) is 4.74 Å². The first-order chi connectivity index (χ1) is 11.3. The second-order valence-corrected chi connectivity index (χ2v) is 7.13. The molecule has 2 aromatic rings. The lowest BCUT2D eigenvalue weighted by Crippen LogP contribution is -2.51. The van der Waals surface area contributed by atoms with E-state index in [0.717, 1.165) is 54.9 Å². The third-order valence-corrected chi connectivity index (χ3v) is 5.32. The van der Waals surface area contributed by atoms with Gasteiger partial charge in [-0.2, -0.15) is 0 Å². The van der Waals surface area contributed by atoms with Crippen molar-refractivity contribution in [1.29, 1.82) is 0 Å². The molecule has 0 radical (unpaired) electrons. The molecule has 0 unspecified atom stereocenters. The van der Waals surface area contributed by atoms with Gasteiger partial charge < -0.3 is 9.64 Å². The smallest absolute Gasteiger partial charge is 0.112 e. The number of fused-ring (bicyclic) bond motifs is 1. The van der Waals surface area contributed by atoms with Gasteiger partial charge in [-0.1, -0.05) is 0 Å². The van der Waals surface area contributed by atoms with Crippen LogP contribution in [0.4, 0.5) is 5.69 Å². The van der Waals surface area contributed by atoms with Crippen LogP contribution in [0.25, 0.3) is 11.0 Å². The van der Waals surface area contributed by atoms with Crippen LogP contribution in [0, 0.1) is 0 Å². The van der Waals surface area contributed by atoms with E-state index in [-0.39, 0.29) is 0 Å². The summed E-state index contributed by atoms with van der Waals surface area (Å²) in [7, 11) is 0. The molecule has 0 aromatic carbocycles. The van der Waals surface area contributed by atoms with E-state index in [1.807, 2.05) is 18.5 Å². The fourth-order valence-electron chi connectivity index (χ4n) is 3.62. The first-order valence-electron chi connectivity index (χ1n) is 8.28. The van der Waals surface area contributed by atoms with Gasteiger partial charge in [0, 0.05) is 62.3 Å². The Hall–Kier alpha value is -1.24. The SMILES string of the molecule is Brc1cnc2c(N3CCN(C4CCOCC4)CC3)ccnc2c1. The Morgan fingerprint density at radius 2 is 1.87 bits per heavy atom. The minimum absolute atomic E-state index is 0.703. The molecule has 122 valence electrons. The Bertz CT molecular complexity index is 681. The maximum atomic E-state index is 5.48. The molecule has 6 heteroatoms. The predicted octanol–water partition coefficient (Wildman–Crippen LogP) is 2.69. The topological polar surface area (TPSA) is 41.5 Å². The molecule has 0 amide bonds. The Morgan fingerprint density at radius 3 is 2.65 bits per heavy atom. The number of nitrogens with zero attached hydrogens (tertiary/aromatic N) is 4. The minimum Gasteiger partial charge on any atom is -0.381 e. The highest BCUT2D eigenvalue weighted by molar-refractivity contribution is 9.10. The fourth-order valence-corrected chi connectivity index (χ4v) is 3.94. The summed E-state index contributed by atoms with van der Waals surface area (Å²) in [5, 5.41) is 0. The molecule has 0 N–H and O–H groups in total. The van der Waals surface area contributed by atoms with Crippen LogP contribution in [-0.4, -0.2) is 60.3 Å². The molecule has 0 saturated carbocycles. The summed E-state index contributed by atoms with van der Waals surface area (Å²) in [5.74, 6) is 0. The Balaban J connectivity index is 1.50. The molecule has 2 saturated heterocycles. The van der Waals surface area contributed by atoms with Crippen molar-refractivity contribution in [2.75, 3.05) is 44.3 Å². The maximum absolute atomic E-state index is 5.48. The van der Waals surface area contributed by atoms with Crippen LogP contribution >= 0.6 is 15.9 Å². The molecule has 0 aliphatic carbocycles. The fraction of sp³-hybridized carbons (Fsp3) is 0.529. The van der Waals surface area contributed by atoms with Crippen molar-refractivity contribution >= 4 is 32.7 Å². The van der Waals surface area contributed by atoms with Crippen molar-refractivity contribution in [3.8, 4) is 0 Å². The molecular weight excluding hydrogens is 356 g/mol. The van der Waals surface area contributed by atoms with Gasteiger partial charge in [-0.25, -0.2) is 0 Å². The summed E-state index contributed by atoms with van der Waals surface area (Å²) < 4.78 is 6.45. The van der Waals surface area contributed by atoms with Gasteiger partial charge in [0.15, 0.2) is 0 Å². The zero-order chi connectivity index (χ0) is 15.6. The van der Waals surface area contributed by atoms with Crippen LogP contribution in [0.2, 0.25) is 0 Å². The zero-order valence-corrected chi connectivity index (χ0v) is 14.7. The number of rotatable bonds is 2. The Kier molecular flexibility index (Phi) is 4.46. The van der Waals surface area contributed by atoms with Crippen LogP contribution in [0.15, 0.2) is 29.0 Å². The Labute approximate surface area is 144 Å². The van der Waals surface area contributed by atoms with Crippen molar-refractivity contribution in [2.24, 2.45) is 0 Å². The first kappa shape index (κ1) is 15.3. The molecule has 4 heterocycles. The highest BCUT2D eigenvalue weighted by Crippen LogP contribution is 2.27. The van der Waals surface area contributed by atoms with Crippen LogP contribution in [0.3, 0.4) is 0 Å². The van der Waals surface area contributed by atoms with E-state index in [0.29, 0.717) is 6.04 Å².